The molecule has 160 valence electrons. The number of likely N-dealkylation sites (tertiary alicyclic amines) is 1. The first-order chi connectivity index (χ1) is 15.0. The first-order valence-electron chi connectivity index (χ1n) is 10.8. The van der Waals surface area contributed by atoms with Gasteiger partial charge >= 0.3 is 0 Å². The van der Waals surface area contributed by atoms with E-state index < -0.39 is 0 Å². The minimum atomic E-state index is -0.250. The number of carbonyl (C=O) groups is 1. The summed E-state index contributed by atoms with van der Waals surface area (Å²) in [5.74, 6) is -0.252. The summed E-state index contributed by atoms with van der Waals surface area (Å²) in [6.07, 6.45) is 3.79. The molecule has 3 aromatic heterocycles. The fourth-order valence-corrected chi connectivity index (χ4v) is 4.70. The van der Waals surface area contributed by atoms with Crippen LogP contribution in [0.1, 0.15) is 35.8 Å². The molecule has 5 rings (SSSR count). The molecule has 4 heterocycles. The van der Waals surface area contributed by atoms with Crippen LogP contribution in [0.25, 0.3) is 27.9 Å². The van der Waals surface area contributed by atoms with Crippen LogP contribution in [0.2, 0.25) is 0 Å². The molecule has 1 saturated heterocycles. The fourth-order valence-electron chi connectivity index (χ4n) is 4.70. The number of rotatable bonds is 3. The van der Waals surface area contributed by atoms with Crippen molar-refractivity contribution in [3.8, 4) is 11.4 Å². The normalized spacial score (nSPS) is 17.0. The molecule has 0 aliphatic carbocycles. The highest BCUT2D eigenvalue weighted by atomic mass is 19.1. The Morgan fingerprint density at radius 1 is 1.26 bits per heavy atom. The minimum Gasteiger partial charge on any atom is -0.339 e. The molecule has 1 aliphatic heterocycles. The third kappa shape index (κ3) is 3.29. The van der Waals surface area contributed by atoms with Crippen molar-refractivity contribution < 1.29 is 9.18 Å². The molecule has 0 bridgehead atoms. The van der Waals surface area contributed by atoms with Crippen LogP contribution in [0.3, 0.4) is 0 Å². The van der Waals surface area contributed by atoms with Crippen LogP contribution in [-0.4, -0.2) is 43.9 Å². The Labute approximate surface area is 180 Å². The number of imidazole rings is 1. The van der Waals surface area contributed by atoms with Gasteiger partial charge in [-0.1, -0.05) is 0 Å². The zero-order chi connectivity index (χ0) is 21.7. The lowest BCUT2D eigenvalue weighted by Crippen LogP contribution is -2.45. The number of benzene rings is 1. The summed E-state index contributed by atoms with van der Waals surface area (Å²) in [7, 11) is 0. The van der Waals surface area contributed by atoms with Crippen LogP contribution in [0.4, 0.5) is 4.39 Å². The second kappa shape index (κ2) is 7.50. The Morgan fingerprint density at radius 3 is 2.87 bits per heavy atom. The van der Waals surface area contributed by atoms with Crippen LogP contribution in [0.15, 0.2) is 42.6 Å². The van der Waals surface area contributed by atoms with Gasteiger partial charge in [-0.05, 0) is 63.1 Å². The summed E-state index contributed by atoms with van der Waals surface area (Å²) >= 11 is 0. The van der Waals surface area contributed by atoms with Gasteiger partial charge in [-0.15, -0.1) is 0 Å². The van der Waals surface area contributed by atoms with E-state index in [0.717, 1.165) is 59.6 Å². The van der Waals surface area contributed by atoms with Crippen molar-refractivity contribution in [1.82, 2.24) is 18.9 Å². The SMILES string of the molecule is CCn1c(-c2nc3cc(C(=O)N4CCC[C@@H](N)C4)ccn3c2C)cc2cc(F)ccc21. The van der Waals surface area contributed by atoms with Crippen LogP contribution >= 0.6 is 0 Å². The highest BCUT2D eigenvalue weighted by molar-refractivity contribution is 5.95. The smallest absolute Gasteiger partial charge is 0.254 e. The maximum Gasteiger partial charge on any atom is 0.254 e. The third-order valence-corrected chi connectivity index (χ3v) is 6.28. The number of carbonyl (C=O) groups excluding carboxylic acids is 1. The number of hydrogen-bond donors (Lipinski definition) is 1. The van der Waals surface area contributed by atoms with Gasteiger partial charge in [0.05, 0.1) is 5.69 Å². The number of aryl methyl sites for hydroxylation is 2. The van der Waals surface area contributed by atoms with E-state index in [9.17, 15) is 9.18 Å². The average Bonchev–Trinajstić information content (AvgIpc) is 3.29. The summed E-state index contributed by atoms with van der Waals surface area (Å²) in [4.78, 5) is 19.7. The Morgan fingerprint density at radius 2 is 2.10 bits per heavy atom. The second-order valence-corrected chi connectivity index (χ2v) is 8.32. The van der Waals surface area contributed by atoms with Crippen molar-refractivity contribution in [2.45, 2.75) is 39.3 Å². The van der Waals surface area contributed by atoms with E-state index in [2.05, 4.69) is 11.5 Å². The molecule has 0 radical (unpaired) electrons. The molecule has 0 unspecified atom stereocenters. The molecule has 0 spiro atoms. The van der Waals surface area contributed by atoms with E-state index in [1.807, 2.05) is 46.7 Å². The molecule has 2 N–H and O–H groups in total. The Hall–Kier alpha value is -3.19. The summed E-state index contributed by atoms with van der Waals surface area (Å²) in [5, 5.41) is 0.852. The lowest BCUT2D eigenvalue weighted by molar-refractivity contribution is 0.0709. The molecule has 4 aromatic rings. The molecule has 1 aliphatic rings. The number of fused-ring (bicyclic) bond motifs is 2. The Balaban J connectivity index is 1.58. The standard InChI is InChI=1S/C24H26FN5O/c1-3-29-20-7-6-18(25)11-17(20)12-21(29)23-15(2)30-10-8-16(13-22(30)27-23)24(31)28-9-4-5-19(26)14-28/h6-8,10-13,19H,3-5,9,14,26H2,1-2H3/t19-/m1/s1. The maximum absolute atomic E-state index is 13.8. The zero-order valence-corrected chi connectivity index (χ0v) is 17.8. The van der Waals surface area contributed by atoms with Gasteiger partial charge in [-0.2, -0.15) is 0 Å². The predicted molar refractivity (Wildman–Crippen MR) is 120 cm³/mol. The molecule has 1 aromatic carbocycles. The third-order valence-electron chi connectivity index (χ3n) is 6.28. The van der Waals surface area contributed by atoms with Crippen molar-refractivity contribution >= 4 is 22.5 Å². The number of nitrogens with zero attached hydrogens (tertiary/aromatic N) is 4. The van der Waals surface area contributed by atoms with E-state index in [0.29, 0.717) is 12.1 Å². The molecule has 1 amide bonds. The number of aromatic nitrogens is 3. The number of hydrogen-bond acceptors (Lipinski definition) is 3. The second-order valence-electron chi connectivity index (χ2n) is 8.32. The van der Waals surface area contributed by atoms with Gasteiger partial charge in [0.1, 0.15) is 17.2 Å². The van der Waals surface area contributed by atoms with Crippen molar-refractivity contribution in [3.05, 3.63) is 59.7 Å². The van der Waals surface area contributed by atoms with Gasteiger partial charge in [0.25, 0.3) is 5.91 Å². The Bertz CT molecular complexity index is 1300. The predicted octanol–water partition coefficient (Wildman–Crippen LogP) is 3.99. The van der Waals surface area contributed by atoms with E-state index in [1.165, 1.54) is 6.07 Å². The zero-order valence-electron chi connectivity index (χ0n) is 17.8. The van der Waals surface area contributed by atoms with Crippen LogP contribution in [0.5, 0.6) is 0 Å². The number of amides is 1. The average molecular weight is 420 g/mol. The number of piperidine rings is 1. The van der Waals surface area contributed by atoms with Crippen molar-refractivity contribution in [1.29, 1.82) is 0 Å². The maximum atomic E-state index is 13.8. The van der Waals surface area contributed by atoms with Crippen molar-refractivity contribution in [2.75, 3.05) is 13.1 Å². The minimum absolute atomic E-state index is 0.00185. The lowest BCUT2D eigenvalue weighted by Gasteiger charge is -2.30. The summed E-state index contributed by atoms with van der Waals surface area (Å²) < 4.78 is 17.9. The first kappa shape index (κ1) is 19.8. The van der Waals surface area contributed by atoms with Gasteiger partial charge in [-0.25, -0.2) is 9.37 Å². The molecular formula is C24H26FN5O. The number of nitrogens with two attached hydrogens (primary N) is 1. The topological polar surface area (TPSA) is 68.6 Å². The first-order valence-corrected chi connectivity index (χ1v) is 10.8. The van der Waals surface area contributed by atoms with Gasteiger partial charge in [0.15, 0.2) is 0 Å². The fraction of sp³-hybridized carbons (Fsp3) is 0.333. The van der Waals surface area contributed by atoms with Gasteiger partial charge in [0.2, 0.25) is 0 Å². The summed E-state index contributed by atoms with van der Waals surface area (Å²) in [6.45, 7) is 6.16. The van der Waals surface area contributed by atoms with Crippen molar-refractivity contribution in [3.63, 3.8) is 0 Å². The molecular weight excluding hydrogens is 393 g/mol. The van der Waals surface area contributed by atoms with Gasteiger partial charge in [-0.3, -0.25) is 4.79 Å². The monoisotopic (exact) mass is 419 g/mol. The number of pyridine rings is 1. The van der Waals surface area contributed by atoms with Crippen LogP contribution in [-0.2, 0) is 6.54 Å². The largest absolute Gasteiger partial charge is 0.339 e. The highest BCUT2D eigenvalue weighted by Crippen LogP contribution is 2.31. The molecule has 0 saturated carbocycles. The lowest BCUT2D eigenvalue weighted by atomic mass is 10.1. The molecule has 31 heavy (non-hydrogen) atoms. The molecule has 1 fully saturated rings. The molecule has 6 nitrogen and oxygen atoms in total. The van der Waals surface area contributed by atoms with Crippen LogP contribution < -0.4 is 5.73 Å². The van der Waals surface area contributed by atoms with E-state index in [4.69, 9.17) is 10.7 Å². The van der Waals surface area contributed by atoms with Gasteiger partial charge < -0.3 is 19.6 Å². The Kier molecular flexibility index (Phi) is 4.78. The highest BCUT2D eigenvalue weighted by Gasteiger charge is 2.23. The van der Waals surface area contributed by atoms with Gasteiger partial charge in [0, 0.05) is 54.0 Å². The summed E-state index contributed by atoms with van der Waals surface area (Å²) in [6, 6.07) is 10.6. The summed E-state index contributed by atoms with van der Waals surface area (Å²) in [5.41, 5.74) is 11.1. The van der Waals surface area contributed by atoms with E-state index >= 15 is 0 Å². The van der Waals surface area contributed by atoms with Crippen LogP contribution in [0, 0.1) is 12.7 Å². The number of halogens is 1. The molecule has 1 atom stereocenters. The van der Waals surface area contributed by atoms with E-state index in [1.54, 1.807) is 6.07 Å². The van der Waals surface area contributed by atoms with Crippen molar-refractivity contribution in [2.24, 2.45) is 5.73 Å². The molecule has 7 heteroatoms. The quantitative estimate of drug-likeness (QED) is 0.546. The van der Waals surface area contributed by atoms with E-state index in [-0.39, 0.29) is 17.8 Å².